The Morgan fingerprint density at radius 3 is 2.74 bits per heavy atom. The zero-order valence-corrected chi connectivity index (χ0v) is 9.91. The largest absolute Gasteiger partial charge is 0.493 e. The third-order valence-corrected chi connectivity index (χ3v) is 2.55. The van der Waals surface area contributed by atoms with E-state index in [0.29, 0.717) is 0 Å². The van der Waals surface area contributed by atoms with Crippen LogP contribution in [0.1, 0.15) is 16.1 Å². The number of hydrogen-bond acceptors (Lipinski definition) is 3. The molecule has 0 saturated carbocycles. The second kappa shape index (κ2) is 5.05. The molecule has 2 rings (SSSR count). The third kappa shape index (κ3) is 2.40. The minimum atomic E-state index is -1.19. The fourth-order valence-electron chi connectivity index (χ4n) is 1.69. The lowest BCUT2D eigenvalue weighted by atomic mass is 10.1. The van der Waals surface area contributed by atoms with Crippen LogP contribution in [0.15, 0.2) is 18.2 Å². The quantitative estimate of drug-likeness (QED) is 0.892. The molecule has 0 aliphatic carbocycles. The highest BCUT2D eigenvalue weighted by Gasteiger charge is 2.17. The van der Waals surface area contributed by atoms with Gasteiger partial charge in [0.05, 0.1) is 12.8 Å². The van der Waals surface area contributed by atoms with E-state index in [1.54, 1.807) is 0 Å². The van der Waals surface area contributed by atoms with Crippen molar-refractivity contribution in [3.8, 4) is 17.0 Å². The number of rotatable bonds is 4. The predicted octanol–water partition coefficient (Wildman–Crippen LogP) is 2.39. The Balaban J connectivity index is 2.58. The van der Waals surface area contributed by atoms with Crippen LogP contribution in [0.3, 0.4) is 0 Å². The molecule has 0 amide bonds. The van der Waals surface area contributed by atoms with E-state index in [9.17, 15) is 13.6 Å². The summed E-state index contributed by atoms with van der Waals surface area (Å²) in [4.78, 5) is 10.8. The van der Waals surface area contributed by atoms with Crippen LogP contribution in [0.2, 0.25) is 0 Å². The van der Waals surface area contributed by atoms with Crippen molar-refractivity contribution < 1.29 is 23.4 Å². The molecule has 0 unspecified atom stereocenters. The second-order valence-electron chi connectivity index (χ2n) is 3.76. The molecule has 0 spiro atoms. The number of aromatic carboxylic acids is 1. The van der Waals surface area contributed by atoms with E-state index in [-0.39, 0.29) is 28.3 Å². The number of nitrogens with zero attached hydrogens (tertiary/aromatic N) is 1. The summed E-state index contributed by atoms with van der Waals surface area (Å²) >= 11 is 0. The number of ether oxygens (including phenoxy) is 1. The van der Waals surface area contributed by atoms with Gasteiger partial charge in [-0.05, 0) is 23.8 Å². The normalized spacial score (nSPS) is 10.5. The topological polar surface area (TPSA) is 75.2 Å². The average molecular weight is 268 g/mol. The van der Waals surface area contributed by atoms with Crippen LogP contribution < -0.4 is 4.74 Å². The molecule has 0 bridgehead atoms. The summed E-state index contributed by atoms with van der Waals surface area (Å²) in [6.07, 6.45) is 0. The van der Waals surface area contributed by atoms with Crippen molar-refractivity contribution in [3.63, 3.8) is 0 Å². The number of carbonyl (C=O) groups is 1. The van der Waals surface area contributed by atoms with Gasteiger partial charge in [0, 0.05) is 5.56 Å². The van der Waals surface area contributed by atoms with Gasteiger partial charge < -0.3 is 9.84 Å². The standard InChI is InChI=1S/C12H10F2N2O3/c1-19-11-7(2-6(5-13)3-8(11)14)9-4-10(12(17)18)16-15-9/h2-4H,5H2,1H3,(H,15,16)(H,17,18). The number of aromatic amines is 1. The predicted molar refractivity (Wildman–Crippen MR) is 62.3 cm³/mol. The van der Waals surface area contributed by atoms with E-state index in [1.165, 1.54) is 19.2 Å². The molecule has 1 aromatic carbocycles. The van der Waals surface area contributed by atoms with Crippen LogP contribution in [-0.2, 0) is 6.67 Å². The Bertz CT molecular complexity index is 625. The van der Waals surface area contributed by atoms with Gasteiger partial charge in [0.15, 0.2) is 11.6 Å². The first-order valence-electron chi connectivity index (χ1n) is 5.28. The van der Waals surface area contributed by atoms with Gasteiger partial charge in [-0.1, -0.05) is 0 Å². The Morgan fingerprint density at radius 2 is 2.21 bits per heavy atom. The lowest BCUT2D eigenvalue weighted by molar-refractivity contribution is 0.0690. The number of carboxylic acids is 1. The minimum absolute atomic E-state index is 0.111. The number of alkyl halides is 1. The highest BCUT2D eigenvalue weighted by molar-refractivity contribution is 5.87. The Morgan fingerprint density at radius 1 is 1.47 bits per heavy atom. The van der Waals surface area contributed by atoms with Crippen LogP contribution in [0.4, 0.5) is 8.78 Å². The van der Waals surface area contributed by atoms with Crippen LogP contribution >= 0.6 is 0 Å². The first-order valence-corrected chi connectivity index (χ1v) is 5.28. The van der Waals surface area contributed by atoms with Gasteiger partial charge in [-0.25, -0.2) is 13.6 Å². The highest BCUT2D eigenvalue weighted by atomic mass is 19.1. The summed E-state index contributed by atoms with van der Waals surface area (Å²) < 4.78 is 31.2. The maximum atomic E-state index is 13.7. The number of carboxylic acid groups (broad SMARTS) is 1. The molecule has 0 fully saturated rings. The molecule has 0 aliphatic heterocycles. The molecular weight excluding hydrogens is 258 g/mol. The van der Waals surface area contributed by atoms with Crippen molar-refractivity contribution >= 4 is 5.97 Å². The number of aromatic nitrogens is 2. The zero-order valence-electron chi connectivity index (χ0n) is 9.91. The van der Waals surface area contributed by atoms with E-state index < -0.39 is 18.5 Å². The zero-order chi connectivity index (χ0) is 14.0. The van der Waals surface area contributed by atoms with E-state index in [4.69, 9.17) is 9.84 Å². The van der Waals surface area contributed by atoms with E-state index in [0.717, 1.165) is 6.07 Å². The van der Waals surface area contributed by atoms with Gasteiger partial charge in [-0.15, -0.1) is 0 Å². The molecule has 1 heterocycles. The molecule has 0 aliphatic rings. The van der Waals surface area contributed by atoms with Crippen LogP contribution in [0.25, 0.3) is 11.3 Å². The van der Waals surface area contributed by atoms with Crippen molar-refractivity contribution in [2.45, 2.75) is 6.67 Å². The second-order valence-corrected chi connectivity index (χ2v) is 3.76. The van der Waals surface area contributed by atoms with Crippen LogP contribution in [0, 0.1) is 5.82 Å². The fraction of sp³-hybridized carbons (Fsp3) is 0.167. The van der Waals surface area contributed by atoms with Crippen LogP contribution in [0.5, 0.6) is 5.75 Å². The van der Waals surface area contributed by atoms with E-state index in [2.05, 4.69) is 10.2 Å². The molecular formula is C12H10F2N2O3. The fourth-order valence-corrected chi connectivity index (χ4v) is 1.69. The molecule has 7 heteroatoms. The number of nitrogens with one attached hydrogen (secondary N) is 1. The summed E-state index contributed by atoms with van der Waals surface area (Å²) in [5.74, 6) is -2.03. The maximum Gasteiger partial charge on any atom is 0.353 e. The lowest BCUT2D eigenvalue weighted by Gasteiger charge is -2.09. The van der Waals surface area contributed by atoms with Gasteiger partial charge in [0.2, 0.25) is 0 Å². The number of H-pyrrole nitrogens is 1. The maximum absolute atomic E-state index is 13.7. The number of halogens is 2. The molecule has 1 aromatic heterocycles. The van der Waals surface area contributed by atoms with Gasteiger partial charge in [-0.2, -0.15) is 5.10 Å². The SMILES string of the molecule is COc1c(F)cc(CF)cc1-c1cc(C(=O)O)[nH]n1. The molecule has 100 valence electrons. The molecule has 2 aromatic rings. The Labute approximate surface area is 106 Å². The summed E-state index contributed by atoms with van der Waals surface area (Å²) in [6.45, 7) is -0.843. The van der Waals surface area contributed by atoms with Crippen molar-refractivity contribution in [3.05, 3.63) is 35.3 Å². The molecule has 2 N–H and O–H groups in total. The first-order chi connectivity index (χ1) is 9.06. The Kier molecular flexibility index (Phi) is 3.46. The van der Waals surface area contributed by atoms with E-state index in [1.807, 2.05) is 0 Å². The van der Waals surface area contributed by atoms with Crippen molar-refractivity contribution in [1.82, 2.24) is 10.2 Å². The summed E-state index contributed by atoms with van der Waals surface area (Å²) in [6, 6.07) is 3.61. The summed E-state index contributed by atoms with van der Waals surface area (Å²) in [5.41, 5.74) is 0.332. The smallest absolute Gasteiger partial charge is 0.353 e. The van der Waals surface area contributed by atoms with Gasteiger partial charge in [0.1, 0.15) is 12.4 Å². The first kappa shape index (κ1) is 13.0. The molecule has 0 radical (unpaired) electrons. The van der Waals surface area contributed by atoms with Crippen molar-refractivity contribution in [1.29, 1.82) is 0 Å². The van der Waals surface area contributed by atoms with Gasteiger partial charge in [-0.3, -0.25) is 5.10 Å². The number of hydrogen-bond donors (Lipinski definition) is 2. The minimum Gasteiger partial charge on any atom is -0.493 e. The highest BCUT2D eigenvalue weighted by Crippen LogP contribution is 2.33. The van der Waals surface area contributed by atoms with E-state index >= 15 is 0 Å². The summed E-state index contributed by atoms with van der Waals surface area (Å²) in [5, 5.41) is 14.8. The third-order valence-electron chi connectivity index (χ3n) is 2.55. The van der Waals surface area contributed by atoms with Gasteiger partial charge >= 0.3 is 5.97 Å². The molecule has 5 nitrogen and oxygen atoms in total. The lowest BCUT2D eigenvalue weighted by Crippen LogP contribution is -1.95. The van der Waals surface area contributed by atoms with Crippen molar-refractivity contribution in [2.24, 2.45) is 0 Å². The Hall–Kier alpha value is -2.44. The van der Waals surface area contributed by atoms with Crippen LogP contribution in [-0.4, -0.2) is 28.4 Å². The monoisotopic (exact) mass is 268 g/mol. The number of methoxy groups -OCH3 is 1. The van der Waals surface area contributed by atoms with Gasteiger partial charge in [0.25, 0.3) is 0 Å². The van der Waals surface area contributed by atoms with Crippen molar-refractivity contribution in [2.75, 3.05) is 7.11 Å². The molecule has 0 saturated heterocycles. The number of benzene rings is 1. The molecule has 0 atom stereocenters. The average Bonchev–Trinajstić information content (AvgIpc) is 2.87. The summed E-state index contributed by atoms with van der Waals surface area (Å²) in [7, 11) is 1.27. The molecule has 19 heavy (non-hydrogen) atoms.